The van der Waals surface area contributed by atoms with Gasteiger partial charge in [-0.3, -0.25) is 4.68 Å². The minimum Gasteiger partial charge on any atom is -0.310 e. The lowest BCUT2D eigenvalue weighted by molar-refractivity contribution is 0.203. The summed E-state index contributed by atoms with van der Waals surface area (Å²) >= 11 is 0. The summed E-state index contributed by atoms with van der Waals surface area (Å²) in [5, 5.41) is 9.82. The summed E-state index contributed by atoms with van der Waals surface area (Å²) in [4.78, 5) is 2.42. The van der Waals surface area contributed by atoms with Gasteiger partial charge in [-0.25, -0.2) is 0 Å². The van der Waals surface area contributed by atoms with Gasteiger partial charge in [-0.2, -0.15) is 5.10 Å². The molecule has 2 aromatic rings. The Bertz CT molecular complexity index is 669. The van der Waals surface area contributed by atoms with Gasteiger partial charge in [0.2, 0.25) is 0 Å². The molecule has 4 nitrogen and oxygen atoms in total. The molecular weight excluding hydrogens is 284 g/mol. The second-order valence-corrected chi connectivity index (χ2v) is 7.63. The van der Waals surface area contributed by atoms with Gasteiger partial charge in [0.25, 0.3) is 0 Å². The highest BCUT2D eigenvalue weighted by molar-refractivity contribution is 5.79. The Labute approximate surface area is 138 Å². The van der Waals surface area contributed by atoms with Gasteiger partial charge in [0, 0.05) is 24.2 Å². The van der Waals surface area contributed by atoms with Crippen LogP contribution in [0.4, 0.5) is 0 Å². The Morgan fingerprint density at radius 3 is 2.91 bits per heavy atom. The van der Waals surface area contributed by atoms with E-state index in [2.05, 4.69) is 53.3 Å². The van der Waals surface area contributed by atoms with Crippen LogP contribution in [0.1, 0.15) is 50.3 Å². The molecular formula is C19H28N4. The van der Waals surface area contributed by atoms with Gasteiger partial charge in [0.15, 0.2) is 0 Å². The molecule has 2 aliphatic rings. The molecule has 0 spiro atoms. The van der Waals surface area contributed by atoms with Gasteiger partial charge in [-0.05, 0) is 69.4 Å². The molecule has 2 aliphatic heterocycles. The second kappa shape index (κ2) is 6.25. The minimum absolute atomic E-state index is 0.514. The third kappa shape index (κ3) is 3.15. The van der Waals surface area contributed by atoms with Crippen LogP contribution in [0.15, 0.2) is 24.4 Å². The molecule has 3 heterocycles. The highest BCUT2D eigenvalue weighted by atomic mass is 15.3. The molecule has 4 rings (SSSR count). The zero-order valence-corrected chi connectivity index (χ0v) is 14.3. The monoisotopic (exact) mass is 312 g/mol. The van der Waals surface area contributed by atoms with E-state index < -0.39 is 0 Å². The first-order chi connectivity index (χ1) is 11.2. The predicted molar refractivity (Wildman–Crippen MR) is 94.6 cm³/mol. The normalized spacial score (nSPS) is 29.9. The molecule has 3 unspecified atom stereocenters. The van der Waals surface area contributed by atoms with Crippen molar-refractivity contribution in [3.63, 3.8) is 0 Å². The lowest BCUT2D eigenvalue weighted by Crippen LogP contribution is -2.33. The van der Waals surface area contributed by atoms with Gasteiger partial charge in [-0.1, -0.05) is 13.0 Å². The third-order valence-electron chi connectivity index (χ3n) is 5.58. The van der Waals surface area contributed by atoms with E-state index in [1.807, 2.05) is 0 Å². The molecule has 1 N–H and O–H groups in total. The predicted octanol–water partition coefficient (Wildman–Crippen LogP) is 3.36. The van der Waals surface area contributed by atoms with E-state index in [0.717, 1.165) is 24.5 Å². The number of rotatable bonds is 2. The summed E-state index contributed by atoms with van der Waals surface area (Å²) in [5.74, 6) is 0.807. The van der Waals surface area contributed by atoms with Crippen molar-refractivity contribution in [2.75, 3.05) is 26.7 Å². The molecule has 0 bridgehead atoms. The number of benzene rings is 1. The topological polar surface area (TPSA) is 33.1 Å². The lowest BCUT2D eigenvalue weighted by Gasteiger charge is -2.29. The van der Waals surface area contributed by atoms with E-state index >= 15 is 0 Å². The van der Waals surface area contributed by atoms with E-state index in [0.29, 0.717) is 12.1 Å². The van der Waals surface area contributed by atoms with Gasteiger partial charge in [0.05, 0.1) is 11.6 Å². The fourth-order valence-electron chi connectivity index (χ4n) is 4.11. The first kappa shape index (κ1) is 15.2. The third-order valence-corrected chi connectivity index (χ3v) is 5.58. The van der Waals surface area contributed by atoms with Crippen LogP contribution < -0.4 is 5.32 Å². The molecule has 0 aliphatic carbocycles. The van der Waals surface area contributed by atoms with Gasteiger partial charge in [-0.15, -0.1) is 0 Å². The maximum atomic E-state index is 4.84. The number of likely N-dealkylation sites (tertiary alicyclic amines) is 1. The van der Waals surface area contributed by atoms with Crippen LogP contribution in [0.25, 0.3) is 10.9 Å². The number of likely N-dealkylation sites (N-methyl/N-ethyl adjacent to an activating group) is 1. The van der Waals surface area contributed by atoms with E-state index in [-0.39, 0.29) is 0 Å². The van der Waals surface area contributed by atoms with Gasteiger partial charge in [0.1, 0.15) is 0 Å². The molecule has 2 saturated heterocycles. The molecule has 4 heteroatoms. The van der Waals surface area contributed by atoms with Crippen molar-refractivity contribution >= 4 is 10.9 Å². The fourth-order valence-corrected chi connectivity index (χ4v) is 4.11. The van der Waals surface area contributed by atoms with E-state index in [1.165, 1.54) is 43.2 Å². The number of piperidine rings is 2. The second-order valence-electron chi connectivity index (χ2n) is 7.63. The first-order valence-electron chi connectivity index (χ1n) is 9.10. The van der Waals surface area contributed by atoms with Crippen LogP contribution in [0.5, 0.6) is 0 Å². The number of hydrogen-bond acceptors (Lipinski definition) is 3. The average Bonchev–Trinajstić information content (AvgIpc) is 2.99. The summed E-state index contributed by atoms with van der Waals surface area (Å²) < 4.78 is 2.21. The Hall–Kier alpha value is -1.39. The fraction of sp³-hybridized carbons (Fsp3) is 0.632. The average molecular weight is 312 g/mol. The quantitative estimate of drug-likeness (QED) is 0.923. The van der Waals surface area contributed by atoms with Crippen molar-refractivity contribution in [2.24, 2.45) is 5.92 Å². The van der Waals surface area contributed by atoms with Crippen molar-refractivity contribution in [3.8, 4) is 0 Å². The molecule has 1 aromatic heterocycles. The van der Waals surface area contributed by atoms with E-state index in [4.69, 9.17) is 5.10 Å². The summed E-state index contributed by atoms with van der Waals surface area (Å²) in [6, 6.07) is 7.85. The standard InChI is InChI=1S/C19H28N4/c1-14-5-7-18(20-11-14)15-6-8-19-16(10-15)12-23(21-19)17-4-3-9-22(2)13-17/h6,8,10,12,14,17-18,20H,3-5,7,9,11,13H2,1-2H3. The van der Waals surface area contributed by atoms with Crippen molar-refractivity contribution in [1.82, 2.24) is 20.0 Å². The number of fused-ring (bicyclic) bond motifs is 1. The molecule has 0 saturated carbocycles. The summed E-state index contributed by atoms with van der Waals surface area (Å²) in [7, 11) is 2.21. The summed E-state index contributed by atoms with van der Waals surface area (Å²) in [5.41, 5.74) is 2.55. The number of nitrogens with one attached hydrogen (secondary N) is 1. The van der Waals surface area contributed by atoms with Crippen LogP contribution in [-0.2, 0) is 0 Å². The molecule has 0 amide bonds. The number of aromatic nitrogens is 2. The zero-order chi connectivity index (χ0) is 15.8. The van der Waals surface area contributed by atoms with Crippen molar-refractivity contribution in [2.45, 2.75) is 44.7 Å². The van der Waals surface area contributed by atoms with Crippen LogP contribution >= 0.6 is 0 Å². The van der Waals surface area contributed by atoms with Crippen molar-refractivity contribution in [1.29, 1.82) is 0 Å². The lowest BCUT2D eigenvalue weighted by atomic mass is 9.92. The van der Waals surface area contributed by atoms with Crippen LogP contribution in [0.3, 0.4) is 0 Å². The highest BCUT2D eigenvalue weighted by Gasteiger charge is 2.21. The van der Waals surface area contributed by atoms with Crippen molar-refractivity contribution < 1.29 is 0 Å². The largest absolute Gasteiger partial charge is 0.310 e. The molecule has 1 aromatic carbocycles. The number of hydrogen-bond donors (Lipinski definition) is 1. The van der Waals surface area contributed by atoms with E-state index in [9.17, 15) is 0 Å². The minimum atomic E-state index is 0.514. The van der Waals surface area contributed by atoms with Crippen LogP contribution in [0.2, 0.25) is 0 Å². The van der Waals surface area contributed by atoms with Crippen LogP contribution in [0, 0.1) is 5.92 Å². The van der Waals surface area contributed by atoms with Gasteiger partial charge < -0.3 is 10.2 Å². The Morgan fingerprint density at radius 1 is 1.22 bits per heavy atom. The molecule has 3 atom stereocenters. The highest BCUT2D eigenvalue weighted by Crippen LogP contribution is 2.29. The molecule has 23 heavy (non-hydrogen) atoms. The Morgan fingerprint density at radius 2 is 2.13 bits per heavy atom. The Kier molecular flexibility index (Phi) is 4.12. The maximum absolute atomic E-state index is 4.84. The summed E-state index contributed by atoms with van der Waals surface area (Å²) in [6.07, 6.45) is 7.34. The van der Waals surface area contributed by atoms with E-state index in [1.54, 1.807) is 0 Å². The maximum Gasteiger partial charge on any atom is 0.0923 e. The molecule has 2 fully saturated rings. The summed E-state index contributed by atoms with van der Waals surface area (Å²) in [6.45, 7) is 5.80. The molecule has 124 valence electrons. The zero-order valence-electron chi connectivity index (χ0n) is 14.3. The number of nitrogens with zero attached hydrogens (tertiary/aromatic N) is 3. The van der Waals surface area contributed by atoms with Gasteiger partial charge >= 0.3 is 0 Å². The van der Waals surface area contributed by atoms with Crippen LogP contribution in [-0.4, -0.2) is 41.4 Å². The smallest absolute Gasteiger partial charge is 0.0923 e. The Balaban J connectivity index is 1.57. The van der Waals surface area contributed by atoms with Crippen molar-refractivity contribution in [3.05, 3.63) is 30.0 Å². The molecule has 0 radical (unpaired) electrons. The SMILES string of the molecule is CC1CCC(c2ccc3nn(C4CCCN(C)C4)cc3c2)NC1. The first-order valence-corrected chi connectivity index (χ1v) is 9.10.